The van der Waals surface area contributed by atoms with Gasteiger partial charge >= 0.3 is 0 Å². The lowest BCUT2D eigenvalue weighted by atomic mass is 10.0. The van der Waals surface area contributed by atoms with Gasteiger partial charge in [-0.25, -0.2) is 4.98 Å². The highest BCUT2D eigenvalue weighted by Gasteiger charge is 2.16. The molecule has 0 aliphatic rings. The molecule has 46 heavy (non-hydrogen) atoms. The van der Waals surface area contributed by atoms with E-state index in [0.29, 0.717) is 5.89 Å². The summed E-state index contributed by atoms with van der Waals surface area (Å²) in [6.07, 6.45) is 0. The summed E-state index contributed by atoms with van der Waals surface area (Å²) in [4.78, 5) is 7.08. The Morgan fingerprint density at radius 1 is 0.348 bits per heavy atom. The van der Waals surface area contributed by atoms with Gasteiger partial charge in [0.1, 0.15) is 5.52 Å². The molecule has 0 unspecified atom stereocenters. The third kappa shape index (κ3) is 5.36. The highest BCUT2D eigenvalue weighted by Crippen LogP contribution is 2.39. The smallest absolute Gasteiger partial charge is 0.227 e. The second kappa shape index (κ2) is 12.1. The molecule has 1 aromatic heterocycles. The van der Waals surface area contributed by atoms with Crippen molar-refractivity contribution in [2.45, 2.75) is 0 Å². The van der Waals surface area contributed by atoms with Crippen LogP contribution in [0.2, 0.25) is 0 Å². The van der Waals surface area contributed by atoms with Crippen LogP contribution in [0.5, 0.6) is 0 Å². The molecule has 8 aromatic rings. The summed E-state index contributed by atoms with van der Waals surface area (Å²) in [6, 6.07) is 63.4. The molecule has 0 bridgehead atoms. The third-order valence-electron chi connectivity index (χ3n) is 8.34. The first-order valence-corrected chi connectivity index (χ1v) is 15.5. The molecule has 0 saturated carbocycles. The molecule has 0 amide bonds. The minimum absolute atomic E-state index is 0.628. The van der Waals surface area contributed by atoms with Crippen molar-refractivity contribution in [2.24, 2.45) is 0 Å². The van der Waals surface area contributed by atoms with Gasteiger partial charge in [0.25, 0.3) is 0 Å². The number of para-hydroxylation sites is 1. The zero-order valence-corrected chi connectivity index (χ0v) is 25.1. The van der Waals surface area contributed by atoms with Gasteiger partial charge < -0.3 is 9.32 Å². The molecule has 0 spiro atoms. The van der Waals surface area contributed by atoms with Crippen molar-refractivity contribution < 1.29 is 4.42 Å². The molecule has 0 saturated heterocycles. The van der Waals surface area contributed by atoms with E-state index in [1.807, 2.05) is 54.6 Å². The zero-order valence-electron chi connectivity index (χ0n) is 25.1. The topological polar surface area (TPSA) is 29.3 Å². The number of hydrogen-bond donors (Lipinski definition) is 0. The first kappa shape index (κ1) is 27.4. The molecule has 218 valence electrons. The average molecular weight is 591 g/mol. The van der Waals surface area contributed by atoms with Gasteiger partial charge in [0, 0.05) is 28.2 Å². The second-order valence-corrected chi connectivity index (χ2v) is 11.2. The minimum Gasteiger partial charge on any atom is -0.435 e. The van der Waals surface area contributed by atoms with E-state index in [0.717, 1.165) is 44.9 Å². The van der Waals surface area contributed by atoms with Crippen molar-refractivity contribution in [3.8, 4) is 44.8 Å². The Morgan fingerprint density at radius 3 is 1.24 bits per heavy atom. The third-order valence-corrected chi connectivity index (χ3v) is 8.34. The van der Waals surface area contributed by atoms with Crippen LogP contribution in [0.4, 0.5) is 17.1 Å². The lowest BCUT2D eigenvalue weighted by Crippen LogP contribution is -2.09. The predicted octanol–water partition coefficient (Wildman–Crippen LogP) is 12.0. The van der Waals surface area contributed by atoms with Gasteiger partial charge in [-0.05, 0) is 82.4 Å². The molecule has 0 aliphatic heterocycles. The van der Waals surface area contributed by atoms with Crippen molar-refractivity contribution in [3.63, 3.8) is 0 Å². The summed E-state index contributed by atoms with van der Waals surface area (Å²) < 4.78 is 6.33. The molecule has 0 fully saturated rings. The molecule has 0 atom stereocenters. The molecule has 1 heterocycles. The highest BCUT2D eigenvalue weighted by molar-refractivity contribution is 5.92. The van der Waals surface area contributed by atoms with Crippen molar-refractivity contribution in [3.05, 3.63) is 182 Å². The van der Waals surface area contributed by atoms with Crippen molar-refractivity contribution in [2.75, 3.05) is 4.90 Å². The molecule has 0 radical (unpaired) electrons. The van der Waals surface area contributed by atoms with Crippen molar-refractivity contribution in [1.29, 1.82) is 0 Å². The van der Waals surface area contributed by atoms with E-state index in [4.69, 9.17) is 9.40 Å². The van der Waals surface area contributed by atoms with Crippen LogP contribution in [0.25, 0.3) is 55.9 Å². The van der Waals surface area contributed by atoms with Gasteiger partial charge in [0.2, 0.25) is 5.89 Å². The quantitative estimate of drug-likeness (QED) is 0.185. The summed E-state index contributed by atoms with van der Waals surface area (Å²) in [7, 11) is 0. The number of fused-ring (bicyclic) bond motifs is 1. The average Bonchev–Trinajstić information content (AvgIpc) is 3.59. The lowest BCUT2D eigenvalue weighted by molar-refractivity contribution is 0.621. The Hall–Kier alpha value is -6.19. The maximum absolute atomic E-state index is 6.33. The molecular formula is C43H30N2O. The normalized spacial score (nSPS) is 11.0. The SMILES string of the molecule is c1ccc(-c2ccc(N(c3ccc(-c4ccccc4)cc3)c3ccc(-c4cccc5nc(-c6ccccc6)oc45)cc3)cc2)cc1. The largest absolute Gasteiger partial charge is 0.435 e. The maximum Gasteiger partial charge on any atom is 0.227 e. The zero-order chi connectivity index (χ0) is 30.7. The number of aromatic nitrogens is 1. The van der Waals surface area contributed by atoms with E-state index < -0.39 is 0 Å². The molecule has 3 nitrogen and oxygen atoms in total. The Labute approximate surface area is 268 Å². The fraction of sp³-hybridized carbons (Fsp3) is 0. The number of nitrogens with zero attached hydrogens (tertiary/aromatic N) is 2. The van der Waals surface area contributed by atoms with Crippen LogP contribution in [-0.2, 0) is 0 Å². The number of anilines is 3. The van der Waals surface area contributed by atoms with Crippen LogP contribution < -0.4 is 4.90 Å². The van der Waals surface area contributed by atoms with Gasteiger partial charge in [0.05, 0.1) is 0 Å². The Kier molecular flexibility index (Phi) is 7.18. The van der Waals surface area contributed by atoms with E-state index in [9.17, 15) is 0 Å². The first-order chi connectivity index (χ1) is 22.8. The predicted molar refractivity (Wildman–Crippen MR) is 190 cm³/mol. The Balaban J connectivity index is 1.17. The summed E-state index contributed by atoms with van der Waals surface area (Å²) in [5, 5.41) is 0. The standard InChI is InChI=1S/C43H30N2O/c1-4-11-31(12-5-1)33-19-25-37(26-20-33)45(38-27-21-34(22-28-38)32-13-6-2-7-14-32)39-29-23-35(24-30-39)40-17-10-18-41-42(40)46-43(44-41)36-15-8-3-9-16-36/h1-30H. The molecule has 0 N–H and O–H groups in total. The summed E-state index contributed by atoms with van der Waals surface area (Å²) in [5.74, 6) is 0.628. The monoisotopic (exact) mass is 590 g/mol. The van der Waals surface area contributed by atoms with Crippen LogP contribution in [0.1, 0.15) is 0 Å². The van der Waals surface area contributed by atoms with Crippen LogP contribution in [0.15, 0.2) is 186 Å². The fourth-order valence-electron chi connectivity index (χ4n) is 5.98. The van der Waals surface area contributed by atoms with E-state index in [2.05, 4.69) is 132 Å². The van der Waals surface area contributed by atoms with Crippen LogP contribution in [0, 0.1) is 0 Å². The molecule has 7 aromatic carbocycles. The Bertz CT molecular complexity index is 2120. The number of oxazole rings is 1. The summed E-state index contributed by atoms with van der Waals surface area (Å²) >= 11 is 0. The molecule has 0 aliphatic carbocycles. The van der Waals surface area contributed by atoms with Gasteiger partial charge in [-0.15, -0.1) is 0 Å². The first-order valence-electron chi connectivity index (χ1n) is 15.5. The van der Waals surface area contributed by atoms with Gasteiger partial charge in [-0.2, -0.15) is 0 Å². The van der Waals surface area contributed by atoms with Crippen LogP contribution in [0.3, 0.4) is 0 Å². The van der Waals surface area contributed by atoms with E-state index >= 15 is 0 Å². The second-order valence-electron chi connectivity index (χ2n) is 11.2. The van der Waals surface area contributed by atoms with Crippen LogP contribution in [-0.4, -0.2) is 4.98 Å². The fourth-order valence-corrected chi connectivity index (χ4v) is 5.98. The number of hydrogen-bond acceptors (Lipinski definition) is 3. The molecule has 8 rings (SSSR count). The molecular weight excluding hydrogens is 560 g/mol. The highest BCUT2D eigenvalue weighted by atomic mass is 16.3. The van der Waals surface area contributed by atoms with E-state index in [1.165, 1.54) is 22.3 Å². The van der Waals surface area contributed by atoms with Gasteiger partial charge in [0.15, 0.2) is 5.58 Å². The summed E-state index contributed by atoms with van der Waals surface area (Å²) in [5.41, 5.74) is 12.7. The van der Waals surface area contributed by atoms with E-state index in [-0.39, 0.29) is 0 Å². The van der Waals surface area contributed by atoms with Crippen molar-refractivity contribution >= 4 is 28.2 Å². The van der Waals surface area contributed by atoms with Crippen molar-refractivity contribution in [1.82, 2.24) is 4.98 Å². The molecule has 3 heteroatoms. The lowest BCUT2D eigenvalue weighted by Gasteiger charge is -2.26. The Morgan fingerprint density at radius 2 is 0.761 bits per heavy atom. The maximum atomic E-state index is 6.33. The minimum atomic E-state index is 0.628. The number of rotatable bonds is 7. The van der Waals surface area contributed by atoms with E-state index in [1.54, 1.807) is 0 Å². The van der Waals surface area contributed by atoms with Gasteiger partial charge in [-0.3, -0.25) is 0 Å². The van der Waals surface area contributed by atoms with Crippen LogP contribution >= 0.6 is 0 Å². The number of benzene rings is 7. The van der Waals surface area contributed by atoms with Gasteiger partial charge in [-0.1, -0.05) is 127 Å². The summed E-state index contributed by atoms with van der Waals surface area (Å²) in [6.45, 7) is 0.